The van der Waals surface area contributed by atoms with E-state index in [1.165, 1.54) is 24.5 Å². The highest BCUT2D eigenvalue weighted by molar-refractivity contribution is 5.96. The first-order valence-electron chi connectivity index (χ1n) is 8.24. The van der Waals surface area contributed by atoms with E-state index in [2.05, 4.69) is 10.3 Å². The molecule has 0 unspecified atom stereocenters. The number of rotatable bonds is 8. The van der Waals surface area contributed by atoms with Gasteiger partial charge in [-0.3, -0.25) is 9.78 Å². The van der Waals surface area contributed by atoms with Gasteiger partial charge in [-0.05, 0) is 42.8 Å². The van der Waals surface area contributed by atoms with Crippen molar-refractivity contribution in [1.82, 2.24) is 4.98 Å². The van der Waals surface area contributed by atoms with Crippen LogP contribution in [0.3, 0.4) is 0 Å². The largest absolute Gasteiger partial charge is 0.462 e. The topological polar surface area (TPSA) is 94.6 Å². The zero-order valence-corrected chi connectivity index (χ0v) is 14.4. The predicted molar refractivity (Wildman–Crippen MR) is 94.8 cm³/mol. The van der Waals surface area contributed by atoms with Crippen LogP contribution >= 0.6 is 0 Å². The molecule has 1 aromatic heterocycles. The number of amides is 1. The summed E-state index contributed by atoms with van der Waals surface area (Å²) in [6, 6.07) is 9.29. The highest BCUT2D eigenvalue weighted by Crippen LogP contribution is 2.11. The van der Waals surface area contributed by atoms with Crippen LogP contribution in [0.5, 0.6) is 0 Å². The van der Waals surface area contributed by atoms with Gasteiger partial charge in [0.25, 0.3) is 5.91 Å². The number of hydrogen-bond acceptors (Lipinski definition) is 6. The number of ether oxygens (including phenoxy) is 2. The van der Waals surface area contributed by atoms with Crippen LogP contribution in [0.25, 0.3) is 0 Å². The number of benzene rings is 1. The Morgan fingerprint density at radius 2 is 1.54 bits per heavy atom. The summed E-state index contributed by atoms with van der Waals surface area (Å²) in [4.78, 5) is 39.2. The Balaban J connectivity index is 1.80. The number of carbonyl (C=O) groups excluding carboxylic acids is 3. The Labute approximate surface area is 151 Å². The SMILES string of the molecule is CCCCOC(=O)c1ccc(NC(=O)COC(=O)c2ccncc2)cc1. The number of pyridine rings is 1. The fourth-order valence-electron chi connectivity index (χ4n) is 1.98. The van der Waals surface area contributed by atoms with E-state index in [0.29, 0.717) is 23.4 Å². The molecule has 0 fully saturated rings. The first-order chi connectivity index (χ1) is 12.6. The second-order valence-electron chi connectivity index (χ2n) is 5.43. The van der Waals surface area contributed by atoms with E-state index in [1.807, 2.05) is 6.92 Å². The van der Waals surface area contributed by atoms with Gasteiger partial charge < -0.3 is 14.8 Å². The van der Waals surface area contributed by atoms with Crippen LogP contribution in [-0.2, 0) is 14.3 Å². The summed E-state index contributed by atoms with van der Waals surface area (Å²) in [5, 5.41) is 2.59. The van der Waals surface area contributed by atoms with Crippen molar-refractivity contribution in [2.24, 2.45) is 0 Å². The lowest BCUT2D eigenvalue weighted by atomic mass is 10.2. The van der Waals surface area contributed by atoms with Crippen LogP contribution in [0, 0.1) is 0 Å². The van der Waals surface area contributed by atoms with Gasteiger partial charge in [0.2, 0.25) is 0 Å². The van der Waals surface area contributed by atoms with Crippen molar-refractivity contribution in [3.63, 3.8) is 0 Å². The molecule has 26 heavy (non-hydrogen) atoms. The van der Waals surface area contributed by atoms with Gasteiger partial charge in [-0.1, -0.05) is 13.3 Å². The Morgan fingerprint density at radius 3 is 2.19 bits per heavy atom. The van der Waals surface area contributed by atoms with Crippen molar-refractivity contribution in [3.8, 4) is 0 Å². The van der Waals surface area contributed by atoms with Crippen LogP contribution in [0.1, 0.15) is 40.5 Å². The van der Waals surface area contributed by atoms with E-state index < -0.39 is 24.5 Å². The van der Waals surface area contributed by atoms with Crippen molar-refractivity contribution < 1.29 is 23.9 Å². The van der Waals surface area contributed by atoms with Gasteiger partial charge in [-0.25, -0.2) is 9.59 Å². The maximum Gasteiger partial charge on any atom is 0.338 e. The molecule has 0 spiro atoms. The first-order valence-corrected chi connectivity index (χ1v) is 8.24. The highest BCUT2D eigenvalue weighted by Gasteiger charge is 2.11. The minimum absolute atomic E-state index is 0.318. The van der Waals surface area contributed by atoms with Gasteiger partial charge in [0.1, 0.15) is 0 Å². The molecule has 0 bridgehead atoms. The Bertz CT molecular complexity index is 744. The number of nitrogens with one attached hydrogen (secondary N) is 1. The number of nitrogens with zero attached hydrogens (tertiary/aromatic N) is 1. The standard InChI is InChI=1S/C19H20N2O5/c1-2-3-12-25-18(23)14-4-6-16(7-5-14)21-17(22)13-26-19(24)15-8-10-20-11-9-15/h4-11H,2-3,12-13H2,1H3,(H,21,22). The number of hydrogen-bond donors (Lipinski definition) is 1. The average molecular weight is 356 g/mol. The second kappa shape index (κ2) is 9.93. The van der Waals surface area contributed by atoms with Gasteiger partial charge in [-0.2, -0.15) is 0 Å². The summed E-state index contributed by atoms with van der Waals surface area (Å²) in [5.41, 5.74) is 1.21. The molecule has 0 aliphatic heterocycles. The molecule has 2 aromatic rings. The molecule has 0 saturated carbocycles. The van der Waals surface area contributed by atoms with Gasteiger partial charge in [0, 0.05) is 18.1 Å². The van der Waals surface area contributed by atoms with Crippen molar-refractivity contribution in [3.05, 3.63) is 59.9 Å². The number of anilines is 1. The van der Waals surface area contributed by atoms with E-state index in [-0.39, 0.29) is 0 Å². The monoisotopic (exact) mass is 356 g/mol. The summed E-state index contributed by atoms with van der Waals surface area (Å²) >= 11 is 0. The fourth-order valence-corrected chi connectivity index (χ4v) is 1.98. The molecule has 0 radical (unpaired) electrons. The van der Waals surface area contributed by atoms with Gasteiger partial charge in [-0.15, -0.1) is 0 Å². The maximum atomic E-state index is 11.8. The van der Waals surface area contributed by atoms with Crippen molar-refractivity contribution in [1.29, 1.82) is 0 Å². The summed E-state index contributed by atoms with van der Waals surface area (Å²) in [6.07, 6.45) is 4.69. The molecule has 7 heteroatoms. The quantitative estimate of drug-likeness (QED) is 0.577. The Hall–Kier alpha value is -3.22. The van der Waals surface area contributed by atoms with Crippen molar-refractivity contribution in [2.45, 2.75) is 19.8 Å². The van der Waals surface area contributed by atoms with Gasteiger partial charge >= 0.3 is 11.9 Å². The smallest absolute Gasteiger partial charge is 0.338 e. The minimum Gasteiger partial charge on any atom is -0.462 e. The number of unbranched alkanes of at least 4 members (excludes halogenated alkanes) is 1. The molecule has 7 nitrogen and oxygen atoms in total. The van der Waals surface area contributed by atoms with Crippen LogP contribution in [-0.4, -0.2) is 36.0 Å². The molecule has 0 atom stereocenters. The summed E-state index contributed by atoms with van der Waals surface area (Å²) in [7, 11) is 0. The third-order valence-corrected chi connectivity index (χ3v) is 3.39. The molecule has 1 heterocycles. The fraction of sp³-hybridized carbons (Fsp3) is 0.263. The zero-order valence-electron chi connectivity index (χ0n) is 14.4. The lowest BCUT2D eigenvalue weighted by Crippen LogP contribution is -2.21. The molecule has 136 valence electrons. The molecule has 0 saturated heterocycles. The van der Waals surface area contributed by atoms with E-state index in [0.717, 1.165) is 12.8 Å². The first kappa shape index (κ1) is 19.1. The summed E-state index contributed by atoms with van der Waals surface area (Å²) in [5.74, 6) is -1.49. The van der Waals surface area contributed by atoms with Crippen LogP contribution < -0.4 is 5.32 Å². The lowest BCUT2D eigenvalue weighted by molar-refractivity contribution is -0.119. The van der Waals surface area contributed by atoms with E-state index in [9.17, 15) is 14.4 Å². The predicted octanol–water partition coefficient (Wildman–Crippen LogP) is 2.83. The van der Waals surface area contributed by atoms with Crippen molar-refractivity contribution >= 4 is 23.5 Å². The van der Waals surface area contributed by atoms with Crippen LogP contribution in [0.15, 0.2) is 48.8 Å². The van der Waals surface area contributed by atoms with Gasteiger partial charge in [0.15, 0.2) is 6.61 Å². The molecule has 1 N–H and O–H groups in total. The highest BCUT2D eigenvalue weighted by atomic mass is 16.5. The zero-order chi connectivity index (χ0) is 18.8. The van der Waals surface area contributed by atoms with E-state index in [1.54, 1.807) is 24.3 Å². The molecule has 1 aromatic carbocycles. The van der Waals surface area contributed by atoms with Crippen molar-refractivity contribution in [2.75, 3.05) is 18.5 Å². The Morgan fingerprint density at radius 1 is 0.923 bits per heavy atom. The average Bonchev–Trinajstić information content (AvgIpc) is 2.67. The third-order valence-electron chi connectivity index (χ3n) is 3.39. The summed E-state index contributed by atoms with van der Waals surface area (Å²) < 4.78 is 10.0. The van der Waals surface area contributed by atoms with Crippen LogP contribution in [0.2, 0.25) is 0 Å². The van der Waals surface area contributed by atoms with E-state index >= 15 is 0 Å². The minimum atomic E-state index is -0.604. The lowest BCUT2D eigenvalue weighted by Gasteiger charge is -2.08. The molecule has 0 aliphatic rings. The van der Waals surface area contributed by atoms with Crippen LogP contribution in [0.4, 0.5) is 5.69 Å². The maximum absolute atomic E-state index is 11.8. The Kier molecular flexibility index (Phi) is 7.30. The number of aromatic nitrogens is 1. The summed E-state index contributed by atoms with van der Waals surface area (Å²) in [6.45, 7) is 1.98. The molecular formula is C19H20N2O5. The normalized spacial score (nSPS) is 10.0. The number of carbonyl (C=O) groups is 3. The molecule has 0 aliphatic carbocycles. The second-order valence-corrected chi connectivity index (χ2v) is 5.43. The number of esters is 2. The molecule has 2 rings (SSSR count). The van der Waals surface area contributed by atoms with E-state index in [4.69, 9.17) is 9.47 Å². The molecule has 1 amide bonds. The third kappa shape index (κ3) is 6.01. The molecular weight excluding hydrogens is 336 g/mol. The van der Waals surface area contributed by atoms with Gasteiger partial charge in [0.05, 0.1) is 17.7 Å².